The highest BCUT2D eigenvalue weighted by Crippen LogP contribution is 2.26. The van der Waals surface area contributed by atoms with Crippen molar-refractivity contribution in [2.75, 3.05) is 5.32 Å². The van der Waals surface area contributed by atoms with E-state index in [4.69, 9.17) is 16.0 Å². The molecule has 0 unspecified atom stereocenters. The molecule has 2 N–H and O–H groups in total. The van der Waals surface area contributed by atoms with Crippen molar-refractivity contribution in [3.05, 3.63) is 69.5 Å². The average Bonchev–Trinajstić information content (AvgIpc) is 2.47. The first-order valence-electron chi connectivity index (χ1n) is 6.38. The topological polar surface area (TPSA) is 79.5 Å². The maximum Gasteiger partial charge on any atom is 0.353 e. The molecule has 0 bridgehead atoms. The SMILES string of the molecule is O=C(Nc1cccc(Cl)c1)c1c(O)c2ccccc2oc1=O. The van der Waals surface area contributed by atoms with Crippen molar-refractivity contribution in [2.24, 2.45) is 0 Å². The largest absolute Gasteiger partial charge is 0.506 e. The summed E-state index contributed by atoms with van der Waals surface area (Å²) in [6, 6.07) is 12.9. The molecule has 0 saturated carbocycles. The molecule has 0 aliphatic carbocycles. The number of fused-ring (bicyclic) bond motifs is 1. The molecule has 110 valence electrons. The van der Waals surface area contributed by atoms with E-state index in [9.17, 15) is 14.7 Å². The molecule has 0 atom stereocenters. The van der Waals surface area contributed by atoms with Crippen LogP contribution in [-0.4, -0.2) is 11.0 Å². The Balaban J connectivity index is 2.06. The van der Waals surface area contributed by atoms with Crippen LogP contribution in [0.4, 0.5) is 5.69 Å². The molecule has 3 aromatic rings. The van der Waals surface area contributed by atoms with Crippen molar-refractivity contribution in [2.45, 2.75) is 0 Å². The standard InChI is InChI=1S/C16H10ClNO4/c17-9-4-3-5-10(8-9)18-15(20)13-14(19)11-6-1-2-7-12(11)22-16(13)21/h1-8,19H,(H,18,20). The summed E-state index contributed by atoms with van der Waals surface area (Å²) in [6.45, 7) is 0. The summed E-state index contributed by atoms with van der Waals surface area (Å²) in [5.41, 5.74) is -0.733. The van der Waals surface area contributed by atoms with Crippen molar-refractivity contribution in [1.29, 1.82) is 0 Å². The number of rotatable bonds is 2. The van der Waals surface area contributed by atoms with E-state index in [1.807, 2.05) is 0 Å². The normalized spacial score (nSPS) is 10.6. The lowest BCUT2D eigenvalue weighted by Crippen LogP contribution is -2.21. The Morgan fingerprint density at radius 3 is 2.68 bits per heavy atom. The molecular weight excluding hydrogens is 306 g/mol. The van der Waals surface area contributed by atoms with Gasteiger partial charge in [0.15, 0.2) is 5.56 Å². The van der Waals surface area contributed by atoms with E-state index in [2.05, 4.69) is 5.32 Å². The first-order chi connectivity index (χ1) is 10.6. The lowest BCUT2D eigenvalue weighted by Gasteiger charge is -2.07. The van der Waals surface area contributed by atoms with Crippen LogP contribution in [0.15, 0.2) is 57.7 Å². The minimum absolute atomic E-state index is 0.212. The van der Waals surface area contributed by atoms with Crippen LogP contribution < -0.4 is 10.9 Å². The van der Waals surface area contributed by atoms with Crippen LogP contribution in [0, 0.1) is 0 Å². The number of benzene rings is 2. The van der Waals surface area contributed by atoms with Gasteiger partial charge >= 0.3 is 5.63 Å². The number of anilines is 1. The van der Waals surface area contributed by atoms with Gasteiger partial charge in [0.1, 0.15) is 11.3 Å². The molecule has 2 aromatic carbocycles. The monoisotopic (exact) mass is 315 g/mol. The maximum atomic E-state index is 12.2. The van der Waals surface area contributed by atoms with Crippen LogP contribution >= 0.6 is 11.6 Å². The fraction of sp³-hybridized carbons (Fsp3) is 0. The van der Waals surface area contributed by atoms with Crippen LogP contribution in [-0.2, 0) is 0 Å². The van der Waals surface area contributed by atoms with Crippen molar-refractivity contribution in [1.82, 2.24) is 0 Å². The van der Waals surface area contributed by atoms with Gasteiger partial charge in [-0.2, -0.15) is 0 Å². The smallest absolute Gasteiger partial charge is 0.353 e. The predicted octanol–water partition coefficient (Wildman–Crippen LogP) is 3.40. The summed E-state index contributed by atoms with van der Waals surface area (Å²) in [5, 5.41) is 13.4. The zero-order chi connectivity index (χ0) is 15.7. The number of amides is 1. The minimum Gasteiger partial charge on any atom is -0.506 e. The summed E-state index contributed by atoms with van der Waals surface area (Å²) in [4.78, 5) is 24.2. The van der Waals surface area contributed by atoms with Gasteiger partial charge in [0.25, 0.3) is 5.91 Å². The molecule has 6 heteroatoms. The number of carbonyl (C=O) groups is 1. The van der Waals surface area contributed by atoms with Crippen molar-refractivity contribution in [3.63, 3.8) is 0 Å². The molecule has 0 aliphatic heterocycles. The van der Waals surface area contributed by atoms with E-state index in [0.717, 1.165) is 0 Å². The Hall–Kier alpha value is -2.79. The Labute approximate surface area is 129 Å². The molecule has 22 heavy (non-hydrogen) atoms. The van der Waals surface area contributed by atoms with Crippen LogP contribution in [0.25, 0.3) is 11.0 Å². The van der Waals surface area contributed by atoms with Crippen LogP contribution in [0.1, 0.15) is 10.4 Å². The Bertz CT molecular complexity index is 933. The maximum absolute atomic E-state index is 12.2. The van der Waals surface area contributed by atoms with Crippen LogP contribution in [0.2, 0.25) is 5.02 Å². The lowest BCUT2D eigenvalue weighted by atomic mass is 10.1. The Morgan fingerprint density at radius 1 is 1.14 bits per heavy atom. The summed E-state index contributed by atoms with van der Waals surface area (Å²) >= 11 is 5.83. The van der Waals surface area contributed by atoms with E-state index in [1.54, 1.807) is 36.4 Å². The molecule has 1 heterocycles. The van der Waals surface area contributed by atoms with Gasteiger partial charge in [-0.1, -0.05) is 29.8 Å². The summed E-state index contributed by atoms with van der Waals surface area (Å²) in [7, 11) is 0. The Morgan fingerprint density at radius 2 is 1.91 bits per heavy atom. The number of halogens is 1. The molecule has 0 saturated heterocycles. The van der Waals surface area contributed by atoms with Gasteiger partial charge in [0.2, 0.25) is 0 Å². The fourth-order valence-corrected chi connectivity index (χ4v) is 2.28. The first-order valence-corrected chi connectivity index (χ1v) is 6.76. The molecule has 1 aromatic heterocycles. The van der Waals surface area contributed by atoms with E-state index >= 15 is 0 Å². The highest BCUT2D eigenvalue weighted by molar-refractivity contribution is 6.31. The number of aromatic hydroxyl groups is 1. The predicted molar refractivity (Wildman–Crippen MR) is 83.6 cm³/mol. The quantitative estimate of drug-likeness (QED) is 0.710. The van der Waals surface area contributed by atoms with Crippen LogP contribution in [0.3, 0.4) is 0 Å². The summed E-state index contributed by atoms with van der Waals surface area (Å²) in [6.07, 6.45) is 0. The zero-order valence-corrected chi connectivity index (χ0v) is 11.9. The molecule has 5 nitrogen and oxygen atoms in total. The minimum atomic E-state index is -0.907. The summed E-state index contributed by atoms with van der Waals surface area (Å²) in [5.74, 6) is -1.18. The second kappa shape index (κ2) is 5.54. The third-order valence-corrected chi connectivity index (χ3v) is 3.33. The average molecular weight is 316 g/mol. The molecule has 0 fully saturated rings. The molecule has 1 amide bonds. The fourth-order valence-electron chi connectivity index (χ4n) is 2.09. The molecular formula is C16H10ClNO4. The molecule has 0 spiro atoms. The second-order valence-corrected chi connectivity index (χ2v) is 5.01. The molecule has 3 rings (SSSR count). The van der Waals surface area contributed by atoms with Gasteiger partial charge < -0.3 is 14.8 Å². The number of nitrogens with one attached hydrogen (secondary N) is 1. The Kier molecular flexibility index (Phi) is 3.56. The van der Waals surface area contributed by atoms with E-state index in [1.165, 1.54) is 12.1 Å². The van der Waals surface area contributed by atoms with Gasteiger partial charge in [0.05, 0.1) is 5.39 Å². The van der Waals surface area contributed by atoms with E-state index in [0.29, 0.717) is 16.1 Å². The molecule has 0 aliphatic rings. The third kappa shape index (κ3) is 2.54. The second-order valence-electron chi connectivity index (χ2n) is 4.57. The zero-order valence-electron chi connectivity index (χ0n) is 11.2. The van der Waals surface area contributed by atoms with E-state index < -0.39 is 22.8 Å². The number of carbonyl (C=O) groups excluding carboxylic acids is 1. The van der Waals surface area contributed by atoms with Gasteiger partial charge in [-0.25, -0.2) is 4.79 Å². The summed E-state index contributed by atoms with van der Waals surface area (Å²) < 4.78 is 5.05. The third-order valence-electron chi connectivity index (χ3n) is 3.10. The van der Waals surface area contributed by atoms with Crippen molar-refractivity contribution >= 4 is 34.2 Å². The number of hydrogen-bond acceptors (Lipinski definition) is 4. The van der Waals surface area contributed by atoms with Gasteiger partial charge in [-0.15, -0.1) is 0 Å². The lowest BCUT2D eigenvalue weighted by molar-refractivity contribution is 0.102. The van der Waals surface area contributed by atoms with Crippen molar-refractivity contribution < 1.29 is 14.3 Å². The van der Waals surface area contributed by atoms with Gasteiger partial charge in [-0.3, -0.25) is 4.79 Å². The van der Waals surface area contributed by atoms with E-state index in [-0.39, 0.29) is 5.58 Å². The molecule has 0 radical (unpaired) electrons. The highest BCUT2D eigenvalue weighted by atomic mass is 35.5. The number of hydrogen-bond donors (Lipinski definition) is 2. The van der Waals surface area contributed by atoms with Crippen LogP contribution in [0.5, 0.6) is 5.75 Å². The van der Waals surface area contributed by atoms with Gasteiger partial charge in [0, 0.05) is 10.7 Å². The number of para-hydroxylation sites is 1. The highest BCUT2D eigenvalue weighted by Gasteiger charge is 2.20. The van der Waals surface area contributed by atoms with Gasteiger partial charge in [-0.05, 0) is 30.3 Å². The van der Waals surface area contributed by atoms with Crippen molar-refractivity contribution in [3.8, 4) is 5.75 Å². The first kappa shape index (κ1) is 14.2.